The summed E-state index contributed by atoms with van der Waals surface area (Å²) in [5, 5.41) is 11.1. The molecule has 92 valence electrons. The average molecular weight is 236 g/mol. The van der Waals surface area contributed by atoms with Gasteiger partial charge in [-0.25, -0.2) is 4.79 Å². The first-order chi connectivity index (χ1) is 7.84. The zero-order chi connectivity index (χ0) is 13.2. The Kier molecular flexibility index (Phi) is 3.85. The highest BCUT2D eigenvalue weighted by atomic mass is 16.4. The minimum atomic E-state index is -1.55. The second kappa shape index (κ2) is 4.97. The zero-order valence-corrected chi connectivity index (χ0v) is 10.1. The lowest BCUT2D eigenvalue weighted by molar-refractivity contribution is -0.141. The number of anilines is 1. The van der Waals surface area contributed by atoms with Crippen molar-refractivity contribution in [1.29, 1.82) is 0 Å². The Morgan fingerprint density at radius 2 is 1.82 bits per heavy atom. The Hall–Kier alpha value is -1.88. The van der Waals surface area contributed by atoms with Gasteiger partial charge < -0.3 is 16.2 Å². The Balaban J connectivity index is 2.94. The highest BCUT2D eigenvalue weighted by molar-refractivity contribution is 6.07. The second-order valence-electron chi connectivity index (χ2n) is 3.99. The van der Waals surface area contributed by atoms with Gasteiger partial charge in [-0.3, -0.25) is 4.79 Å². The van der Waals surface area contributed by atoms with Gasteiger partial charge in [-0.05, 0) is 43.5 Å². The summed E-state index contributed by atoms with van der Waals surface area (Å²) in [6.45, 7) is 5.78. The lowest BCUT2D eigenvalue weighted by Gasteiger charge is -2.13. The summed E-state index contributed by atoms with van der Waals surface area (Å²) in [6.07, 6.45) is 0. The van der Waals surface area contributed by atoms with Crippen LogP contribution in [-0.2, 0) is 9.59 Å². The molecule has 0 spiro atoms. The van der Waals surface area contributed by atoms with Gasteiger partial charge >= 0.3 is 5.97 Å². The van der Waals surface area contributed by atoms with E-state index in [0.29, 0.717) is 5.69 Å². The van der Waals surface area contributed by atoms with Gasteiger partial charge in [-0.2, -0.15) is 0 Å². The summed E-state index contributed by atoms with van der Waals surface area (Å²) < 4.78 is 0. The highest BCUT2D eigenvalue weighted by Crippen LogP contribution is 2.21. The molecule has 0 fully saturated rings. The summed E-state index contributed by atoms with van der Waals surface area (Å²) >= 11 is 0. The van der Waals surface area contributed by atoms with E-state index in [2.05, 4.69) is 5.32 Å². The molecule has 0 bridgehead atoms. The maximum atomic E-state index is 11.5. The molecule has 0 radical (unpaired) electrons. The number of carboxylic acid groups (broad SMARTS) is 1. The maximum absolute atomic E-state index is 11.5. The molecule has 1 amide bonds. The molecule has 0 aliphatic rings. The molecule has 0 aliphatic heterocycles. The van der Waals surface area contributed by atoms with Gasteiger partial charge in [0.25, 0.3) is 5.91 Å². The standard InChI is InChI=1S/C12H16N2O3/c1-6-4-5-9(8(3)7(6)2)14-11(15)10(13)12(16)17/h4-5,10H,13H2,1-3H3,(H,14,15)(H,16,17). The Bertz CT molecular complexity index is 469. The van der Waals surface area contributed by atoms with Crippen molar-refractivity contribution >= 4 is 17.6 Å². The van der Waals surface area contributed by atoms with Gasteiger partial charge in [0.15, 0.2) is 6.04 Å². The van der Waals surface area contributed by atoms with Crippen LogP contribution in [0.4, 0.5) is 5.69 Å². The lowest BCUT2D eigenvalue weighted by Crippen LogP contribution is -2.42. The van der Waals surface area contributed by atoms with E-state index >= 15 is 0 Å². The van der Waals surface area contributed by atoms with Crippen molar-refractivity contribution in [2.75, 3.05) is 5.32 Å². The van der Waals surface area contributed by atoms with Crippen LogP contribution in [0.15, 0.2) is 12.1 Å². The third-order valence-electron chi connectivity index (χ3n) is 2.86. The molecule has 5 heteroatoms. The van der Waals surface area contributed by atoms with Crippen LogP contribution in [0.2, 0.25) is 0 Å². The van der Waals surface area contributed by atoms with Crippen molar-refractivity contribution in [2.45, 2.75) is 26.8 Å². The number of hydrogen-bond acceptors (Lipinski definition) is 3. The third kappa shape index (κ3) is 2.82. The van der Waals surface area contributed by atoms with Gasteiger partial charge in [0, 0.05) is 5.69 Å². The van der Waals surface area contributed by atoms with Crippen LogP contribution in [0.1, 0.15) is 16.7 Å². The number of nitrogens with two attached hydrogens (primary N) is 1. The van der Waals surface area contributed by atoms with Gasteiger partial charge in [0.1, 0.15) is 0 Å². The fraction of sp³-hybridized carbons (Fsp3) is 0.333. The van der Waals surface area contributed by atoms with Crippen molar-refractivity contribution < 1.29 is 14.7 Å². The quantitative estimate of drug-likeness (QED) is 0.681. The number of nitrogens with one attached hydrogen (secondary N) is 1. The normalized spacial score (nSPS) is 12.0. The van der Waals surface area contributed by atoms with Gasteiger partial charge in [-0.15, -0.1) is 0 Å². The van der Waals surface area contributed by atoms with Crippen LogP contribution in [-0.4, -0.2) is 23.0 Å². The van der Waals surface area contributed by atoms with Crippen molar-refractivity contribution in [2.24, 2.45) is 5.73 Å². The largest absolute Gasteiger partial charge is 0.480 e. The van der Waals surface area contributed by atoms with E-state index in [9.17, 15) is 9.59 Å². The van der Waals surface area contributed by atoms with Crippen LogP contribution in [0.5, 0.6) is 0 Å². The van der Waals surface area contributed by atoms with Crippen LogP contribution in [0.25, 0.3) is 0 Å². The van der Waals surface area contributed by atoms with E-state index in [1.165, 1.54) is 0 Å². The fourth-order valence-corrected chi connectivity index (χ4v) is 1.41. The molecular formula is C12H16N2O3. The van der Waals surface area contributed by atoms with Crippen molar-refractivity contribution in [3.8, 4) is 0 Å². The number of benzene rings is 1. The highest BCUT2D eigenvalue weighted by Gasteiger charge is 2.21. The minimum absolute atomic E-state index is 0.592. The summed E-state index contributed by atoms with van der Waals surface area (Å²) in [6, 6.07) is 2.06. The molecule has 0 heterocycles. The predicted octanol–water partition coefficient (Wildman–Crippen LogP) is 0.962. The third-order valence-corrected chi connectivity index (χ3v) is 2.86. The van der Waals surface area contributed by atoms with E-state index < -0.39 is 17.9 Å². The Labute approximate surface area is 99.6 Å². The lowest BCUT2D eigenvalue weighted by atomic mass is 10.0. The molecule has 1 rings (SSSR count). The second-order valence-corrected chi connectivity index (χ2v) is 3.99. The molecule has 4 N–H and O–H groups in total. The number of carbonyl (C=O) groups is 2. The number of hydrogen-bond donors (Lipinski definition) is 3. The molecular weight excluding hydrogens is 220 g/mol. The number of carboxylic acids is 1. The van der Waals surface area contributed by atoms with Crippen molar-refractivity contribution in [3.63, 3.8) is 0 Å². The van der Waals surface area contributed by atoms with Crippen LogP contribution in [0.3, 0.4) is 0 Å². The monoisotopic (exact) mass is 236 g/mol. The predicted molar refractivity (Wildman–Crippen MR) is 64.9 cm³/mol. The SMILES string of the molecule is Cc1ccc(NC(=O)C(N)C(=O)O)c(C)c1C. The summed E-state index contributed by atoms with van der Waals surface area (Å²) in [4.78, 5) is 22.0. The zero-order valence-electron chi connectivity index (χ0n) is 10.1. The molecule has 0 aliphatic carbocycles. The van der Waals surface area contributed by atoms with E-state index in [0.717, 1.165) is 16.7 Å². The first-order valence-corrected chi connectivity index (χ1v) is 5.20. The molecule has 1 aromatic rings. The summed E-state index contributed by atoms with van der Waals surface area (Å²) in [7, 11) is 0. The maximum Gasteiger partial charge on any atom is 0.330 e. The van der Waals surface area contributed by atoms with Crippen molar-refractivity contribution in [1.82, 2.24) is 0 Å². The number of aliphatic carboxylic acids is 1. The smallest absolute Gasteiger partial charge is 0.330 e. The first kappa shape index (κ1) is 13.2. The van der Waals surface area contributed by atoms with Crippen LogP contribution in [0, 0.1) is 20.8 Å². The van der Waals surface area contributed by atoms with Gasteiger partial charge in [0.2, 0.25) is 0 Å². The van der Waals surface area contributed by atoms with Crippen molar-refractivity contribution in [3.05, 3.63) is 28.8 Å². The van der Waals surface area contributed by atoms with Crippen LogP contribution < -0.4 is 11.1 Å². The van der Waals surface area contributed by atoms with E-state index in [4.69, 9.17) is 10.8 Å². The molecule has 0 saturated heterocycles. The molecule has 17 heavy (non-hydrogen) atoms. The first-order valence-electron chi connectivity index (χ1n) is 5.20. The number of amides is 1. The molecule has 0 aromatic heterocycles. The van der Waals surface area contributed by atoms with E-state index in [1.807, 2.05) is 26.8 Å². The topological polar surface area (TPSA) is 92.4 Å². The Morgan fingerprint density at radius 3 is 2.35 bits per heavy atom. The molecule has 5 nitrogen and oxygen atoms in total. The molecule has 1 aromatic carbocycles. The molecule has 1 atom stereocenters. The minimum Gasteiger partial charge on any atom is -0.480 e. The summed E-state index contributed by atoms with van der Waals surface area (Å²) in [5.41, 5.74) is 8.90. The van der Waals surface area contributed by atoms with E-state index in [1.54, 1.807) is 6.07 Å². The van der Waals surface area contributed by atoms with Crippen LogP contribution >= 0.6 is 0 Å². The fourth-order valence-electron chi connectivity index (χ4n) is 1.41. The molecule has 0 saturated carbocycles. The molecule has 1 unspecified atom stereocenters. The van der Waals surface area contributed by atoms with E-state index in [-0.39, 0.29) is 0 Å². The number of rotatable bonds is 3. The number of aryl methyl sites for hydroxylation is 1. The Morgan fingerprint density at radius 1 is 1.24 bits per heavy atom. The van der Waals surface area contributed by atoms with Gasteiger partial charge in [0.05, 0.1) is 0 Å². The average Bonchev–Trinajstić information content (AvgIpc) is 2.28. The van der Waals surface area contributed by atoms with Gasteiger partial charge in [-0.1, -0.05) is 6.07 Å². The number of carbonyl (C=O) groups excluding carboxylic acids is 1. The summed E-state index contributed by atoms with van der Waals surface area (Å²) in [5.74, 6) is -2.06.